The van der Waals surface area contributed by atoms with Crippen molar-refractivity contribution in [2.24, 2.45) is 0 Å². The first-order chi connectivity index (χ1) is 14.3. The third-order valence-electron chi connectivity index (χ3n) is 5.43. The quantitative estimate of drug-likeness (QED) is 0.691. The predicted molar refractivity (Wildman–Crippen MR) is 111 cm³/mol. The fraction of sp³-hybridized carbons (Fsp3) is 0.261. The van der Waals surface area contributed by atoms with E-state index in [2.05, 4.69) is 28.1 Å². The third-order valence-corrected chi connectivity index (χ3v) is 5.43. The minimum atomic E-state index is -0.0680. The average molecular weight is 386 g/mol. The molecular formula is C23H22N4O2. The number of nitrogens with zero attached hydrogens (tertiary/aromatic N) is 4. The predicted octanol–water partition coefficient (Wildman–Crippen LogP) is 3.31. The molecule has 0 unspecified atom stereocenters. The van der Waals surface area contributed by atoms with E-state index in [9.17, 15) is 4.79 Å². The van der Waals surface area contributed by atoms with E-state index >= 15 is 0 Å². The summed E-state index contributed by atoms with van der Waals surface area (Å²) in [6.07, 6.45) is 0.966. The van der Waals surface area contributed by atoms with Crippen LogP contribution in [0.5, 0.6) is 0 Å². The number of rotatable bonds is 3. The molecule has 1 amide bonds. The van der Waals surface area contributed by atoms with Crippen molar-refractivity contribution in [3.63, 3.8) is 0 Å². The number of carbonyl (C=O) groups is 1. The Morgan fingerprint density at radius 3 is 2.48 bits per heavy atom. The molecule has 3 heterocycles. The van der Waals surface area contributed by atoms with E-state index in [0.29, 0.717) is 37.8 Å². The van der Waals surface area contributed by atoms with Gasteiger partial charge in [0.1, 0.15) is 11.5 Å². The summed E-state index contributed by atoms with van der Waals surface area (Å²) < 4.78 is 5.39. The van der Waals surface area contributed by atoms with Crippen LogP contribution in [0.2, 0.25) is 0 Å². The molecule has 0 bridgehead atoms. The maximum absolute atomic E-state index is 13.2. The van der Waals surface area contributed by atoms with E-state index in [-0.39, 0.29) is 5.91 Å². The number of para-hydroxylation sites is 1. The van der Waals surface area contributed by atoms with E-state index in [1.807, 2.05) is 47.4 Å². The standard InChI is InChI=1S/C23H22N4O2/c28-23(26-12-14-29-15-13-26)19-16-21(25-22(24-19)18-7-2-1-3-8-18)27-11-10-17-6-4-5-9-20(17)27/h1-9,16H,10-15H2. The molecule has 6 heteroatoms. The van der Waals surface area contributed by atoms with Gasteiger partial charge in [-0.25, -0.2) is 9.97 Å². The first-order valence-corrected chi connectivity index (χ1v) is 9.96. The summed E-state index contributed by atoms with van der Waals surface area (Å²) in [6.45, 7) is 3.15. The Bertz CT molecular complexity index is 1030. The van der Waals surface area contributed by atoms with Crippen molar-refractivity contribution in [3.05, 3.63) is 71.9 Å². The van der Waals surface area contributed by atoms with Gasteiger partial charge in [0.2, 0.25) is 0 Å². The van der Waals surface area contributed by atoms with Crippen molar-refractivity contribution < 1.29 is 9.53 Å². The first-order valence-electron chi connectivity index (χ1n) is 9.96. The molecule has 1 saturated heterocycles. The van der Waals surface area contributed by atoms with Crippen LogP contribution in [0.25, 0.3) is 11.4 Å². The van der Waals surface area contributed by atoms with Crippen molar-refractivity contribution in [1.29, 1.82) is 0 Å². The Morgan fingerprint density at radius 2 is 1.66 bits per heavy atom. The van der Waals surface area contributed by atoms with Crippen molar-refractivity contribution in [2.75, 3.05) is 37.7 Å². The van der Waals surface area contributed by atoms with Crippen molar-refractivity contribution >= 4 is 17.4 Å². The minimum Gasteiger partial charge on any atom is -0.378 e. The van der Waals surface area contributed by atoms with Gasteiger partial charge in [-0.1, -0.05) is 48.5 Å². The Kier molecular flexibility index (Phi) is 4.69. The van der Waals surface area contributed by atoms with Crippen LogP contribution in [-0.4, -0.2) is 53.6 Å². The highest BCUT2D eigenvalue weighted by Crippen LogP contribution is 2.34. The van der Waals surface area contributed by atoms with Gasteiger partial charge in [0.15, 0.2) is 5.82 Å². The maximum atomic E-state index is 13.2. The lowest BCUT2D eigenvalue weighted by Crippen LogP contribution is -2.41. The largest absolute Gasteiger partial charge is 0.378 e. The van der Waals surface area contributed by atoms with Gasteiger partial charge in [0, 0.05) is 37.0 Å². The number of carbonyl (C=O) groups excluding carboxylic acids is 1. The van der Waals surface area contributed by atoms with Gasteiger partial charge in [0.25, 0.3) is 5.91 Å². The molecule has 2 aromatic carbocycles. The number of fused-ring (bicyclic) bond motifs is 1. The van der Waals surface area contributed by atoms with Crippen LogP contribution in [0, 0.1) is 0 Å². The van der Waals surface area contributed by atoms with E-state index in [1.165, 1.54) is 5.56 Å². The number of ether oxygens (including phenoxy) is 1. The highest BCUT2D eigenvalue weighted by atomic mass is 16.5. The Morgan fingerprint density at radius 1 is 0.897 bits per heavy atom. The molecule has 146 valence electrons. The van der Waals surface area contributed by atoms with Crippen molar-refractivity contribution in [3.8, 4) is 11.4 Å². The third kappa shape index (κ3) is 3.47. The fourth-order valence-electron chi connectivity index (χ4n) is 3.90. The lowest BCUT2D eigenvalue weighted by molar-refractivity contribution is 0.0299. The molecule has 0 spiro atoms. The summed E-state index contributed by atoms with van der Waals surface area (Å²) in [6, 6.07) is 20.0. The minimum absolute atomic E-state index is 0.0680. The summed E-state index contributed by atoms with van der Waals surface area (Å²) in [5.74, 6) is 1.27. The number of morpholine rings is 1. The molecule has 1 aromatic heterocycles. The highest BCUT2D eigenvalue weighted by Gasteiger charge is 2.25. The molecule has 0 aliphatic carbocycles. The molecule has 6 nitrogen and oxygen atoms in total. The Labute approximate surface area is 169 Å². The molecule has 1 fully saturated rings. The fourth-order valence-corrected chi connectivity index (χ4v) is 3.90. The number of hydrogen-bond acceptors (Lipinski definition) is 5. The van der Waals surface area contributed by atoms with Gasteiger partial charge in [-0.2, -0.15) is 0 Å². The van der Waals surface area contributed by atoms with Gasteiger partial charge < -0.3 is 14.5 Å². The number of anilines is 2. The van der Waals surface area contributed by atoms with E-state index in [1.54, 1.807) is 0 Å². The SMILES string of the molecule is O=C(c1cc(N2CCc3ccccc32)nc(-c2ccccc2)n1)N1CCOCC1. The number of aromatic nitrogens is 2. The van der Waals surface area contributed by atoms with Gasteiger partial charge in [-0.05, 0) is 18.1 Å². The molecule has 0 saturated carbocycles. The summed E-state index contributed by atoms with van der Waals surface area (Å²) in [5.41, 5.74) is 3.78. The molecule has 0 atom stereocenters. The molecule has 2 aliphatic heterocycles. The summed E-state index contributed by atoms with van der Waals surface area (Å²) in [5, 5.41) is 0. The Balaban J connectivity index is 1.58. The van der Waals surface area contributed by atoms with Gasteiger partial charge >= 0.3 is 0 Å². The molecule has 0 N–H and O–H groups in total. The summed E-state index contributed by atoms with van der Waals surface area (Å²) in [4.78, 5) is 26.6. The molecule has 29 heavy (non-hydrogen) atoms. The maximum Gasteiger partial charge on any atom is 0.272 e. The van der Waals surface area contributed by atoms with E-state index in [4.69, 9.17) is 9.72 Å². The van der Waals surface area contributed by atoms with Crippen LogP contribution in [0.15, 0.2) is 60.7 Å². The smallest absolute Gasteiger partial charge is 0.272 e. The van der Waals surface area contributed by atoms with Gasteiger partial charge in [-0.15, -0.1) is 0 Å². The summed E-state index contributed by atoms with van der Waals surface area (Å²) >= 11 is 0. The van der Waals surface area contributed by atoms with Crippen molar-refractivity contribution in [2.45, 2.75) is 6.42 Å². The van der Waals surface area contributed by atoms with Crippen LogP contribution < -0.4 is 4.90 Å². The zero-order valence-electron chi connectivity index (χ0n) is 16.1. The van der Waals surface area contributed by atoms with E-state index < -0.39 is 0 Å². The zero-order chi connectivity index (χ0) is 19.6. The van der Waals surface area contributed by atoms with Crippen LogP contribution in [0.3, 0.4) is 0 Å². The summed E-state index contributed by atoms with van der Waals surface area (Å²) in [7, 11) is 0. The highest BCUT2D eigenvalue weighted by molar-refractivity contribution is 5.94. The topological polar surface area (TPSA) is 58.6 Å². The zero-order valence-corrected chi connectivity index (χ0v) is 16.1. The van der Waals surface area contributed by atoms with Crippen LogP contribution in [0.1, 0.15) is 16.1 Å². The second kappa shape index (κ2) is 7.64. The number of benzene rings is 2. The number of amides is 1. The molecular weight excluding hydrogens is 364 g/mol. The van der Waals surface area contributed by atoms with Gasteiger partial charge in [0.05, 0.1) is 13.2 Å². The number of hydrogen-bond donors (Lipinski definition) is 0. The monoisotopic (exact) mass is 386 g/mol. The normalized spacial score (nSPS) is 16.0. The van der Waals surface area contributed by atoms with Gasteiger partial charge in [-0.3, -0.25) is 4.79 Å². The second-order valence-corrected chi connectivity index (χ2v) is 7.24. The molecule has 0 radical (unpaired) electrons. The first kappa shape index (κ1) is 17.8. The van der Waals surface area contributed by atoms with Crippen molar-refractivity contribution in [1.82, 2.24) is 14.9 Å². The lowest BCUT2D eigenvalue weighted by atomic mass is 10.2. The van der Waals surface area contributed by atoms with E-state index in [0.717, 1.165) is 30.0 Å². The second-order valence-electron chi connectivity index (χ2n) is 7.24. The molecule has 2 aliphatic rings. The lowest BCUT2D eigenvalue weighted by Gasteiger charge is -2.27. The van der Waals surface area contributed by atoms with Crippen LogP contribution >= 0.6 is 0 Å². The van der Waals surface area contributed by atoms with Crippen LogP contribution in [-0.2, 0) is 11.2 Å². The average Bonchev–Trinajstić information content (AvgIpc) is 3.24. The molecule has 5 rings (SSSR count). The van der Waals surface area contributed by atoms with Crippen LogP contribution in [0.4, 0.5) is 11.5 Å². The molecule has 3 aromatic rings. The Hall–Kier alpha value is -3.25.